The quantitative estimate of drug-likeness (QED) is 0.864. The van der Waals surface area contributed by atoms with E-state index < -0.39 is 0 Å². The third-order valence-corrected chi connectivity index (χ3v) is 2.57. The van der Waals surface area contributed by atoms with Gasteiger partial charge in [0.05, 0.1) is 17.1 Å². The number of hydrogen-bond donors (Lipinski definition) is 2. The highest BCUT2D eigenvalue weighted by Gasteiger charge is 2.13. The van der Waals surface area contributed by atoms with Crippen LogP contribution >= 0.6 is 15.9 Å². The third-order valence-electron chi connectivity index (χ3n) is 1.99. The van der Waals surface area contributed by atoms with Crippen LogP contribution in [0.1, 0.15) is 13.8 Å². The molecule has 4 nitrogen and oxygen atoms in total. The number of anilines is 1. The molecule has 0 aliphatic rings. The Kier molecular flexibility index (Phi) is 4.28. The Balaban J connectivity index is 2.72. The van der Waals surface area contributed by atoms with E-state index in [1.165, 1.54) is 6.33 Å². The fraction of sp³-hybridized carbons (Fsp3) is 0.556. The second-order valence-corrected chi connectivity index (χ2v) is 4.25. The number of rotatable bonds is 4. The molecule has 0 aromatic carbocycles. The fourth-order valence-electron chi connectivity index (χ4n) is 1.02. The van der Waals surface area contributed by atoms with Crippen LogP contribution in [0.15, 0.2) is 17.0 Å². The summed E-state index contributed by atoms with van der Waals surface area (Å²) >= 11 is 3.33. The highest BCUT2D eigenvalue weighted by Crippen LogP contribution is 2.19. The minimum absolute atomic E-state index is 0.0150. The summed E-state index contributed by atoms with van der Waals surface area (Å²) in [6.07, 6.45) is 3.14. The SMILES string of the molecule is CC(C)[C@H](CO)Nc1ncncc1Br. The molecule has 2 N–H and O–H groups in total. The van der Waals surface area contributed by atoms with Crippen molar-refractivity contribution in [3.8, 4) is 0 Å². The highest BCUT2D eigenvalue weighted by molar-refractivity contribution is 9.10. The summed E-state index contributed by atoms with van der Waals surface area (Å²) in [5, 5.41) is 12.3. The van der Waals surface area contributed by atoms with E-state index >= 15 is 0 Å². The Labute approximate surface area is 91.9 Å². The lowest BCUT2D eigenvalue weighted by atomic mass is 10.1. The maximum Gasteiger partial charge on any atom is 0.144 e. The van der Waals surface area contributed by atoms with Crippen LogP contribution in [0.25, 0.3) is 0 Å². The Hall–Kier alpha value is -0.680. The first-order valence-corrected chi connectivity index (χ1v) is 5.27. The molecule has 5 heteroatoms. The first-order valence-electron chi connectivity index (χ1n) is 4.48. The van der Waals surface area contributed by atoms with E-state index in [0.29, 0.717) is 11.7 Å². The molecule has 1 atom stereocenters. The maximum absolute atomic E-state index is 9.13. The lowest BCUT2D eigenvalue weighted by molar-refractivity contribution is 0.249. The lowest BCUT2D eigenvalue weighted by Crippen LogP contribution is -2.30. The summed E-state index contributed by atoms with van der Waals surface area (Å²) in [7, 11) is 0. The van der Waals surface area contributed by atoms with Crippen molar-refractivity contribution in [3.05, 3.63) is 17.0 Å². The second kappa shape index (κ2) is 5.26. The van der Waals surface area contributed by atoms with Gasteiger partial charge in [0, 0.05) is 6.20 Å². The number of aliphatic hydroxyl groups is 1. The highest BCUT2D eigenvalue weighted by atomic mass is 79.9. The van der Waals surface area contributed by atoms with Crippen LogP contribution in [0, 0.1) is 5.92 Å². The Morgan fingerprint density at radius 1 is 1.57 bits per heavy atom. The predicted octanol–water partition coefficient (Wildman–Crippen LogP) is 1.67. The lowest BCUT2D eigenvalue weighted by Gasteiger charge is -2.20. The summed E-state index contributed by atoms with van der Waals surface area (Å²) in [4.78, 5) is 7.93. The Morgan fingerprint density at radius 2 is 2.29 bits per heavy atom. The van der Waals surface area contributed by atoms with Crippen LogP contribution in [0.5, 0.6) is 0 Å². The van der Waals surface area contributed by atoms with Crippen molar-refractivity contribution in [1.29, 1.82) is 0 Å². The van der Waals surface area contributed by atoms with Gasteiger partial charge in [-0.1, -0.05) is 13.8 Å². The van der Waals surface area contributed by atoms with Crippen molar-refractivity contribution in [2.45, 2.75) is 19.9 Å². The first kappa shape index (κ1) is 11.4. The molecule has 0 saturated carbocycles. The Morgan fingerprint density at radius 3 is 2.79 bits per heavy atom. The summed E-state index contributed by atoms with van der Waals surface area (Å²) in [5.41, 5.74) is 0. The van der Waals surface area contributed by atoms with Crippen LogP contribution in [0.3, 0.4) is 0 Å². The molecule has 78 valence electrons. The van der Waals surface area contributed by atoms with E-state index in [2.05, 4.69) is 31.2 Å². The Bertz CT molecular complexity index is 293. The fourth-order valence-corrected chi connectivity index (χ4v) is 1.35. The molecule has 0 amide bonds. The van der Waals surface area contributed by atoms with Gasteiger partial charge in [0.1, 0.15) is 12.1 Å². The van der Waals surface area contributed by atoms with Crippen molar-refractivity contribution in [1.82, 2.24) is 9.97 Å². The first-order chi connectivity index (χ1) is 6.65. The number of nitrogens with one attached hydrogen (secondary N) is 1. The van der Waals surface area contributed by atoms with E-state index in [9.17, 15) is 0 Å². The average Bonchev–Trinajstić information content (AvgIpc) is 2.16. The van der Waals surface area contributed by atoms with Crippen molar-refractivity contribution < 1.29 is 5.11 Å². The van der Waals surface area contributed by atoms with Gasteiger partial charge in [-0.2, -0.15) is 0 Å². The maximum atomic E-state index is 9.13. The minimum Gasteiger partial charge on any atom is -0.394 e. The number of halogens is 1. The molecule has 1 rings (SSSR count). The zero-order valence-corrected chi connectivity index (χ0v) is 9.82. The molecule has 14 heavy (non-hydrogen) atoms. The van der Waals surface area contributed by atoms with Gasteiger partial charge in [-0.05, 0) is 21.8 Å². The van der Waals surface area contributed by atoms with Crippen LogP contribution in [-0.2, 0) is 0 Å². The van der Waals surface area contributed by atoms with Crippen molar-refractivity contribution in [2.75, 3.05) is 11.9 Å². The number of nitrogens with zero attached hydrogens (tertiary/aromatic N) is 2. The summed E-state index contributed by atoms with van der Waals surface area (Å²) < 4.78 is 0.805. The van der Waals surface area contributed by atoms with E-state index in [-0.39, 0.29) is 12.6 Å². The molecule has 1 aromatic rings. The van der Waals surface area contributed by atoms with E-state index in [1.807, 2.05) is 13.8 Å². The van der Waals surface area contributed by atoms with Crippen LogP contribution in [0.4, 0.5) is 5.82 Å². The second-order valence-electron chi connectivity index (χ2n) is 3.40. The molecular weight excluding hydrogens is 246 g/mol. The van der Waals surface area contributed by atoms with Gasteiger partial charge < -0.3 is 10.4 Å². The van der Waals surface area contributed by atoms with E-state index in [0.717, 1.165) is 4.47 Å². The van der Waals surface area contributed by atoms with Gasteiger partial charge in [-0.3, -0.25) is 0 Å². The third kappa shape index (κ3) is 2.92. The standard InChI is InChI=1S/C9H14BrN3O/c1-6(2)8(4-14)13-9-7(10)3-11-5-12-9/h3,5-6,8,14H,4H2,1-2H3,(H,11,12,13)/t8-/m0/s1. The number of hydrogen-bond acceptors (Lipinski definition) is 4. The number of aliphatic hydroxyl groups excluding tert-OH is 1. The van der Waals surface area contributed by atoms with Gasteiger partial charge in [0.2, 0.25) is 0 Å². The van der Waals surface area contributed by atoms with Crippen LogP contribution in [0.2, 0.25) is 0 Å². The molecule has 0 spiro atoms. The van der Waals surface area contributed by atoms with E-state index in [1.54, 1.807) is 6.20 Å². The molecule has 0 fully saturated rings. The molecule has 1 heterocycles. The van der Waals surface area contributed by atoms with Crippen LogP contribution < -0.4 is 5.32 Å². The van der Waals surface area contributed by atoms with Gasteiger partial charge in [-0.25, -0.2) is 9.97 Å². The zero-order chi connectivity index (χ0) is 10.6. The van der Waals surface area contributed by atoms with Gasteiger partial charge in [0.25, 0.3) is 0 Å². The molecule has 0 bridgehead atoms. The van der Waals surface area contributed by atoms with E-state index in [4.69, 9.17) is 5.11 Å². The molecular formula is C9H14BrN3O. The minimum atomic E-state index is 0.0150. The van der Waals surface area contributed by atoms with Gasteiger partial charge in [-0.15, -0.1) is 0 Å². The summed E-state index contributed by atoms with van der Waals surface area (Å²) in [6, 6.07) is 0.0150. The summed E-state index contributed by atoms with van der Waals surface area (Å²) in [5.74, 6) is 1.06. The monoisotopic (exact) mass is 259 g/mol. The molecule has 1 aromatic heterocycles. The largest absolute Gasteiger partial charge is 0.394 e. The molecule has 0 aliphatic heterocycles. The van der Waals surface area contributed by atoms with Crippen molar-refractivity contribution >= 4 is 21.7 Å². The van der Waals surface area contributed by atoms with Crippen molar-refractivity contribution in [3.63, 3.8) is 0 Å². The zero-order valence-electron chi connectivity index (χ0n) is 8.24. The normalized spacial score (nSPS) is 12.9. The summed E-state index contributed by atoms with van der Waals surface area (Å²) in [6.45, 7) is 4.18. The molecule has 0 unspecified atom stereocenters. The van der Waals surface area contributed by atoms with Crippen LogP contribution in [-0.4, -0.2) is 27.7 Å². The molecule has 0 saturated heterocycles. The predicted molar refractivity (Wildman–Crippen MR) is 59.1 cm³/mol. The number of aromatic nitrogens is 2. The van der Waals surface area contributed by atoms with Gasteiger partial charge in [0.15, 0.2) is 0 Å². The molecule has 0 radical (unpaired) electrons. The van der Waals surface area contributed by atoms with Crippen molar-refractivity contribution in [2.24, 2.45) is 5.92 Å². The smallest absolute Gasteiger partial charge is 0.144 e. The molecule has 0 aliphatic carbocycles. The average molecular weight is 260 g/mol. The van der Waals surface area contributed by atoms with Gasteiger partial charge >= 0.3 is 0 Å². The topological polar surface area (TPSA) is 58.0 Å².